The SMILES string of the molecule is CCC(C)(P)c1ccc(OC(C)(C)CC(C)(C)C)cc1. The number of benzene rings is 1. The maximum atomic E-state index is 6.17. The van der Waals surface area contributed by atoms with Gasteiger partial charge in [-0.05, 0) is 49.8 Å². The van der Waals surface area contributed by atoms with E-state index in [1.165, 1.54) is 5.56 Å². The minimum atomic E-state index is -0.144. The highest BCUT2D eigenvalue weighted by Gasteiger charge is 2.27. The van der Waals surface area contributed by atoms with Gasteiger partial charge in [0.15, 0.2) is 0 Å². The minimum Gasteiger partial charge on any atom is -0.488 e. The lowest BCUT2D eigenvalue weighted by molar-refractivity contribution is 0.0621. The summed E-state index contributed by atoms with van der Waals surface area (Å²) in [5.41, 5.74) is 1.46. The van der Waals surface area contributed by atoms with Crippen molar-refractivity contribution in [2.45, 2.75) is 72.1 Å². The molecule has 2 atom stereocenters. The standard InChI is InChI=1S/C18H31OP/c1-8-18(7,20)14-9-11-15(12-10-14)19-17(5,6)13-16(2,3)4/h9-12H,8,13,20H2,1-7H3. The summed E-state index contributed by atoms with van der Waals surface area (Å²) in [7, 11) is 2.95. The molecular weight excluding hydrogens is 263 g/mol. The molecular formula is C18H31OP. The van der Waals surface area contributed by atoms with E-state index in [-0.39, 0.29) is 16.2 Å². The zero-order chi connectivity index (χ0) is 15.6. The third kappa shape index (κ3) is 5.44. The van der Waals surface area contributed by atoms with Gasteiger partial charge in [0.2, 0.25) is 0 Å². The molecule has 0 radical (unpaired) electrons. The van der Waals surface area contributed by atoms with E-state index < -0.39 is 0 Å². The van der Waals surface area contributed by atoms with Gasteiger partial charge in [-0.1, -0.05) is 46.8 Å². The molecule has 0 aliphatic carbocycles. The molecule has 0 amide bonds. The fourth-order valence-corrected chi connectivity index (χ4v) is 2.93. The summed E-state index contributed by atoms with van der Waals surface area (Å²) in [5.74, 6) is 0.958. The van der Waals surface area contributed by atoms with Gasteiger partial charge in [-0.25, -0.2) is 0 Å². The maximum Gasteiger partial charge on any atom is 0.120 e. The first-order chi connectivity index (χ1) is 8.95. The van der Waals surface area contributed by atoms with E-state index in [0.29, 0.717) is 0 Å². The van der Waals surface area contributed by atoms with Crippen LogP contribution < -0.4 is 4.74 Å². The molecule has 0 saturated carbocycles. The molecule has 2 heteroatoms. The second kappa shape index (κ2) is 6.06. The van der Waals surface area contributed by atoms with E-state index in [9.17, 15) is 0 Å². The first kappa shape index (κ1) is 17.5. The molecule has 114 valence electrons. The van der Waals surface area contributed by atoms with Crippen LogP contribution in [-0.2, 0) is 5.16 Å². The topological polar surface area (TPSA) is 9.23 Å². The molecule has 0 N–H and O–H groups in total. The number of ether oxygens (including phenoxy) is 1. The van der Waals surface area contributed by atoms with Crippen LogP contribution in [0.3, 0.4) is 0 Å². The zero-order valence-electron chi connectivity index (χ0n) is 14.2. The lowest BCUT2D eigenvalue weighted by atomic mass is 9.83. The van der Waals surface area contributed by atoms with Crippen LogP contribution in [0.4, 0.5) is 0 Å². The lowest BCUT2D eigenvalue weighted by Gasteiger charge is -2.33. The van der Waals surface area contributed by atoms with E-state index >= 15 is 0 Å². The second-order valence-corrected chi connectivity index (χ2v) is 9.17. The Labute approximate surface area is 127 Å². The monoisotopic (exact) mass is 294 g/mol. The van der Waals surface area contributed by atoms with Crippen LogP contribution in [0.25, 0.3) is 0 Å². The Morgan fingerprint density at radius 3 is 1.85 bits per heavy atom. The highest BCUT2D eigenvalue weighted by molar-refractivity contribution is 7.18. The predicted molar refractivity (Wildman–Crippen MR) is 92.6 cm³/mol. The summed E-state index contributed by atoms with van der Waals surface area (Å²) in [6.07, 6.45) is 2.13. The van der Waals surface area contributed by atoms with Crippen molar-refractivity contribution in [3.05, 3.63) is 29.8 Å². The van der Waals surface area contributed by atoms with Gasteiger partial charge in [-0.3, -0.25) is 0 Å². The molecule has 1 rings (SSSR count). The van der Waals surface area contributed by atoms with Crippen molar-refractivity contribution in [3.8, 4) is 5.75 Å². The second-order valence-electron chi connectivity index (χ2n) is 7.89. The summed E-state index contributed by atoms with van der Waals surface area (Å²) in [6, 6.07) is 8.55. The molecule has 0 heterocycles. The van der Waals surface area contributed by atoms with Gasteiger partial charge in [0, 0.05) is 5.16 Å². The Hall–Kier alpha value is -0.550. The normalized spacial score (nSPS) is 15.8. The Morgan fingerprint density at radius 2 is 1.45 bits per heavy atom. The lowest BCUT2D eigenvalue weighted by Crippen LogP contribution is -2.33. The number of hydrogen-bond acceptors (Lipinski definition) is 1. The third-order valence-corrected chi connectivity index (χ3v) is 4.34. The highest BCUT2D eigenvalue weighted by Crippen LogP contribution is 2.36. The summed E-state index contributed by atoms with van der Waals surface area (Å²) < 4.78 is 6.17. The van der Waals surface area contributed by atoms with Crippen LogP contribution in [0.15, 0.2) is 24.3 Å². The van der Waals surface area contributed by atoms with Crippen molar-refractivity contribution in [3.63, 3.8) is 0 Å². The fraction of sp³-hybridized carbons (Fsp3) is 0.667. The number of rotatable bonds is 5. The van der Waals surface area contributed by atoms with Crippen molar-refractivity contribution in [2.24, 2.45) is 5.41 Å². The molecule has 0 fully saturated rings. The van der Waals surface area contributed by atoms with E-state index in [1.54, 1.807) is 0 Å². The van der Waals surface area contributed by atoms with E-state index in [4.69, 9.17) is 4.74 Å². The maximum absolute atomic E-state index is 6.17. The molecule has 0 aliphatic heterocycles. The Morgan fingerprint density at radius 1 is 0.950 bits per heavy atom. The van der Waals surface area contributed by atoms with Gasteiger partial charge in [-0.15, -0.1) is 9.24 Å². The molecule has 1 nitrogen and oxygen atoms in total. The van der Waals surface area contributed by atoms with Gasteiger partial charge in [-0.2, -0.15) is 0 Å². The van der Waals surface area contributed by atoms with Crippen LogP contribution in [0.1, 0.15) is 66.9 Å². The van der Waals surface area contributed by atoms with Crippen LogP contribution in [-0.4, -0.2) is 5.60 Å². The van der Waals surface area contributed by atoms with Crippen LogP contribution in [0.5, 0.6) is 5.75 Å². The van der Waals surface area contributed by atoms with Crippen LogP contribution in [0.2, 0.25) is 0 Å². The average Bonchev–Trinajstić information content (AvgIpc) is 2.25. The van der Waals surface area contributed by atoms with Crippen molar-refractivity contribution in [1.29, 1.82) is 0 Å². The minimum absolute atomic E-state index is 0.144. The van der Waals surface area contributed by atoms with Crippen LogP contribution in [0, 0.1) is 5.41 Å². The molecule has 1 aromatic rings. The Kier molecular flexibility index (Phi) is 5.30. The first-order valence-electron chi connectivity index (χ1n) is 7.54. The van der Waals surface area contributed by atoms with E-state index in [1.807, 2.05) is 0 Å². The van der Waals surface area contributed by atoms with Crippen molar-refractivity contribution in [1.82, 2.24) is 0 Å². The molecule has 0 saturated heterocycles. The quantitative estimate of drug-likeness (QED) is 0.625. The van der Waals surface area contributed by atoms with E-state index in [2.05, 4.69) is 82.0 Å². The van der Waals surface area contributed by atoms with E-state index in [0.717, 1.165) is 18.6 Å². The van der Waals surface area contributed by atoms with Gasteiger partial charge >= 0.3 is 0 Å². The average molecular weight is 294 g/mol. The molecule has 20 heavy (non-hydrogen) atoms. The Bertz CT molecular complexity index is 424. The molecule has 0 aromatic heterocycles. The smallest absolute Gasteiger partial charge is 0.120 e. The summed E-state index contributed by atoms with van der Waals surface area (Å²) in [4.78, 5) is 0. The molecule has 1 aromatic carbocycles. The third-order valence-electron chi connectivity index (χ3n) is 3.60. The summed E-state index contributed by atoms with van der Waals surface area (Å²) in [5, 5.41) is 0.152. The van der Waals surface area contributed by atoms with Gasteiger partial charge in [0.25, 0.3) is 0 Å². The largest absolute Gasteiger partial charge is 0.488 e. The molecule has 0 spiro atoms. The Balaban J connectivity index is 2.80. The predicted octanol–water partition coefficient (Wildman–Crippen LogP) is 5.78. The van der Waals surface area contributed by atoms with Gasteiger partial charge in [0.1, 0.15) is 11.4 Å². The molecule has 0 bridgehead atoms. The van der Waals surface area contributed by atoms with Crippen molar-refractivity contribution in [2.75, 3.05) is 0 Å². The van der Waals surface area contributed by atoms with Gasteiger partial charge < -0.3 is 4.74 Å². The first-order valence-corrected chi connectivity index (χ1v) is 8.11. The van der Waals surface area contributed by atoms with Crippen LogP contribution >= 0.6 is 9.24 Å². The zero-order valence-corrected chi connectivity index (χ0v) is 15.4. The van der Waals surface area contributed by atoms with Gasteiger partial charge in [0.05, 0.1) is 0 Å². The molecule has 2 unspecified atom stereocenters. The highest BCUT2D eigenvalue weighted by atomic mass is 31.0. The van der Waals surface area contributed by atoms with Crippen molar-refractivity contribution >= 4 is 9.24 Å². The summed E-state index contributed by atoms with van der Waals surface area (Å²) >= 11 is 0. The summed E-state index contributed by atoms with van der Waals surface area (Å²) in [6.45, 7) is 15.5. The molecule has 0 aliphatic rings. The number of hydrogen-bond donors (Lipinski definition) is 0. The van der Waals surface area contributed by atoms with Crippen molar-refractivity contribution < 1.29 is 4.74 Å². The fourth-order valence-electron chi connectivity index (χ4n) is 2.74.